The fourth-order valence-electron chi connectivity index (χ4n) is 2.79. The highest BCUT2D eigenvalue weighted by molar-refractivity contribution is 7.99. The fourth-order valence-corrected chi connectivity index (χ4v) is 3.83. The Morgan fingerprint density at radius 2 is 0.742 bits per heavy atom. The molecule has 2 rings (SSSR count). The van der Waals surface area contributed by atoms with Crippen LogP contribution in [0.2, 0.25) is 0 Å². The van der Waals surface area contributed by atoms with E-state index < -0.39 is 0 Å². The van der Waals surface area contributed by atoms with E-state index in [9.17, 15) is 10.2 Å². The lowest BCUT2D eigenvalue weighted by atomic mass is 10.3. The van der Waals surface area contributed by atoms with E-state index in [2.05, 4.69) is 0 Å². The molecule has 7 heteroatoms. The third-order valence-corrected chi connectivity index (χ3v) is 4.88. The van der Waals surface area contributed by atoms with Crippen molar-refractivity contribution in [3.63, 3.8) is 0 Å². The monoisotopic (exact) mass is 450 g/mol. The largest absolute Gasteiger partial charge is 0.508 e. The van der Waals surface area contributed by atoms with Crippen molar-refractivity contribution in [2.24, 2.45) is 0 Å². The van der Waals surface area contributed by atoms with Gasteiger partial charge in [0, 0.05) is 24.3 Å². The van der Waals surface area contributed by atoms with Crippen molar-refractivity contribution >= 4 is 11.8 Å². The van der Waals surface area contributed by atoms with Crippen LogP contribution in [0.1, 0.15) is 55.4 Å². The van der Waals surface area contributed by atoms with Crippen LogP contribution in [0.3, 0.4) is 0 Å². The van der Waals surface area contributed by atoms with E-state index in [1.165, 1.54) is 11.8 Å². The Kier molecular flexibility index (Phi) is 8.62. The summed E-state index contributed by atoms with van der Waals surface area (Å²) >= 11 is 1.36. The highest BCUT2D eigenvalue weighted by Gasteiger charge is 2.23. The molecule has 6 nitrogen and oxygen atoms in total. The summed E-state index contributed by atoms with van der Waals surface area (Å²) in [4.78, 5) is 1.38. The number of phenols is 2. The maximum atomic E-state index is 10.2. The van der Waals surface area contributed by atoms with Crippen LogP contribution in [0.5, 0.6) is 34.5 Å². The van der Waals surface area contributed by atoms with Gasteiger partial charge in [-0.25, -0.2) is 0 Å². The number of phenolic OH excluding ortho intramolecular Hbond substituents is 2. The summed E-state index contributed by atoms with van der Waals surface area (Å²) in [6.45, 7) is 15.4. The predicted octanol–water partition coefficient (Wildman–Crippen LogP) is 6.40. The van der Waals surface area contributed by atoms with Crippen molar-refractivity contribution < 1.29 is 29.2 Å². The van der Waals surface area contributed by atoms with E-state index in [1.54, 1.807) is 24.3 Å². The first-order valence-electron chi connectivity index (χ1n) is 10.5. The van der Waals surface area contributed by atoms with Crippen LogP contribution in [0, 0.1) is 0 Å². The third-order valence-electron chi connectivity index (χ3n) is 3.67. The molecule has 0 aliphatic rings. The summed E-state index contributed by atoms with van der Waals surface area (Å²) in [5.74, 6) is 2.09. The van der Waals surface area contributed by atoms with Crippen molar-refractivity contribution in [1.29, 1.82) is 0 Å². The molecule has 2 aromatic rings. The normalized spacial score (nSPS) is 11.5. The number of hydrogen-bond donors (Lipinski definition) is 2. The van der Waals surface area contributed by atoms with Gasteiger partial charge in [-0.1, -0.05) is 11.8 Å². The first-order chi connectivity index (χ1) is 14.5. The second kappa shape index (κ2) is 10.8. The number of aromatic hydroxyl groups is 2. The Morgan fingerprint density at radius 3 is 0.935 bits per heavy atom. The predicted molar refractivity (Wildman–Crippen MR) is 123 cm³/mol. The van der Waals surface area contributed by atoms with Crippen molar-refractivity contribution in [2.45, 2.75) is 89.6 Å². The highest BCUT2D eigenvalue weighted by Crippen LogP contribution is 2.51. The number of rotatable bonds is 10. The summed E-state index contributed by atoms with van der Waals surface area (Å²) in [5, 5.41) is 20.5. The Labute approximate surface area is 189 Å². The lowest BCUT2D eigenvalue weighted by molar-refractivity contribution is 0.215. The van der Waals surface area contributed by atoms with Crippen LogP contribution >= 0.6 is 11.8 Å². The Balaban J connectivity index is 2.69. The molecule has 0 unspecified atom stereocenters. The molecule has 0 saturated carbocycles. The van der Waals surface area contributed by atoms with Gasteiger partial charge in [0.05, 0.1) is 34.2 Å². The van der Waals surface area contributed by atoms with Gasteiger partial charge in [0.15, 0.2) is 0 Å². The van der Waals surface area contributed by atoms with Crippen LogP contribution in [-0.4, -0.2) is 34.6 Å². The van der Waals surface area contributed by atoms with E-state index in [0.717, 1.165) is 0 Å². The van der Waals surface area contributed by atoms with Crippen LogP contribution in [0.15, 0.2) is 34.1 Å². The molecular weight excluding hydrogens is 416 g/mol. The lowest BCUT2D eigenvalue weighted by Crippen LogP contribution is -2.11. The SMILES string of the molecule is CC(C)Oc1cc(O)cc(OC(C)C)c1Sc1c(OC(C)C)cc(O)cc1OC(C)C. The first-order valence-corrected chi connectivity index (χ1v) is 11.4. The first kappa shape index (κ1) is 24.9. The Bertz CT molecular complexity index is 743. The summed E-state index contributed by atoms with van der Waals surface area (Å²) in [7, 11) is 0. The van der Waals surface area contributed by atoms with Gasteiger partial charge in [-0.15, -0.1) is 0 Å². The quantitative estimate of drug-likeness (QED) is 0.434. The zero-order valence-corrected chi connectivity index (χ0v) is 20.4. The zero-order valence-electron chi connectivity index (χ0n) is 19.6. The van der Waals surface area contributed by atoms with Gasteiger partial charge in [-0.2, -0.15) is 0 Å². The van der Waals surface area contributed by atoms with Gasteiger partial charge in [-0.3, -0.25) is 0 Å². The zero-order chi connectivity index (χ0) is 23.3. The summed E-state index contributed by atoms with van der Waals surface area (Å²) < 4.78 is 24.0. The molecule has 31 heavy (non-hydrogen) atoms. The van der Waals surface area contributed by atoms with Crippen LogP contribution in [0.25, 0.3) is 0 Å². The molecule has 0 spiro atoms. The molecular formula is C24H34O6S. The lowest BCUT2D eigenvalue weighted by Gasteiger charge is -2.23. The molecule has 0 aliphatic heterocycles. The molecule has 0 atom stereocenters. The molecule has 0 aromatic heterocycles. The average molecular weight is 451 g/mol. The summed E-state index contributed by atoms with van der Waals surface area (Å²) in [6.07, 6.45) is -0.424. The molecule has 0 bridgehead atoms. The molecule has 0 heterocycles. The van der Waals surface area contributed by atoms with Gasteiger partial charge >= 0.3 is 0 Å². The maximum Gasteiger partial charge on any atom is 0.141 e. The van der Waals surface area contributed by atoms with Crippen molar-refractivity contribution in [3.8, 4) is 34.5 Å². The highest BCUT2D eigenvalue weighted by atomic mass is 32.2. The van der Waals surface area contributed by atoms with Crippen molar-refractivity contribution in [1.82, 2.24) is 0 Å². The molecule has 0 amide bonds. The van der Waals surface area contributed by atoms with E-state index in [1.807, 2.05) is 55.4 Å². The molecule has 2 aromatic carbocycles. The molecule has 0 fully saturated rings. The van der Waals surface area contributed by atoms with Gasteiger partial charge in [0.25, 0.3) is 0 Å². The molecule has 2 N–H and O–H groups in total. The topological polar surface area (TPSA) is 77.4 Å². The molecule has 172 valence electrons. The summed E-state index contributed by atoms with van der Waals surface area (Å²) in [6, 6.07) is 6.29. The Hall–Kier alpha value is -2.41. The van der Waals surface area contributed by atoms with E-state index in [4.69, 9.17) is 18.9 Å². The Morgan fingerprint density at radius 1 is 0.516 bits per heavy atom. The second-order valence-electron chi connectivity index (χ2n) is 8.31. The minimum Gasteiger partial charge on any atom is -0.508 e. The van der Waals surface area contributed by atoms with Gasteiger partial charge < -0.3 is 29.2 Å². The van der Waals surface area contributed by atoms with Crippen LogP contribution in [-0.2, 0) is 0 Å². The van der Waals surface area contributed by atoms with Crippen molar-refractivity contribution in [3.05, 3.63) is 24.3 Å². The number of benzene rings is 2. The minimum absolute atomic E-state index is 0.0543. The van der Waals surface area contributed by atoms with Crippen LogP contribution in [0.4, 0.5) is 0 Å². The van der Waals surface area contributed by atoms with Gasteiger partial charge in [0.2, 0.25) is 0 Å². The van der Waals surface area contributed by atoms with Gasteiger partial charge in [0.1, 0.15) is 34.5 Å². The standard InChI is InChI=1S/C24H34O6S/c1-13(2)27-19-9-17(25)10-20(28-14(3)4)23(19)31-24-21(29-15(5)6)11-18(26)12-22(24)30-16(7)8/h9-16,25-26H,1-8H3. The van der Waals surface area contributed by atoms with E-state index >= 15 is 0 Å². The minimum atomic E-state index is -0.106. The molecule has 0 aliphatic carbocycles. The number of ether oxygens (including phenoxy) is 4. The second-order valence-corrected chi connectivity index (χ2v) is 9.33. The smallest absolute Gasteiger partial charge is 0.141 e. The van der Waals surface area contributed by atoms with Crippen molar-refractivity contribution in [2.75, 3.05) is 0 Å². The third kappa shape index (κ3) is 7.35. The van der Waals surface area contributed by atoms with Crippen LogP contribution < -0.4 is 18.9 Å². The molecule has 0 radical (unpaired) electrons. The van der Waals surface area contributed by atoms with E-state index in [-0.39, 0.29) is 35.9 Å². The fraction of sp³-hybridized carbons (Fsp3) is 0.500. The number of hydrogen-bond acceptors (Lipinski definition) is 7. The van der Waals surface area contributed by atoms with E-state index in [0.29, 0.717) is 32.8 Å². The van der Waals surface area contributed by atoms with Gasteiger partial charge in [-0.05, 0) is 55.4 Å². The average Bonchev–Trinajstić information content (AvgIpc) is 2.57. The maximum absolute atomic E-state index is 10.2. The summed E-state index contributed by atoms with van der Waals surface area (Å²) in [5.41, 5.74) is 0. The molecule has 0 saturated heterocycles.